The van der Waals surface area contributed by atoms with Gasteiger partial charge in [0.05, 0.1) is 12.0 Å². The van der Waals surface area contributed by atoms with Crippen molar-refractivity contribution in [2.45, 2.75) is 25.3 Å². The molecule has 0 saturated carbocycles. The van der Waals surface area contributed by atoms with Crippen molar-refractivity contribution in [1.82, 2.24) is 4.98 Å². The van der Waals surface area contributed by atoms with Gasteiger partial charge in [-0.15, -0.1) is 11.3 Å². The highest BCUT2D eigenvalue weighted by atomic mass is 32.1. The molecule has 2 aromatic heterocycles. The van der Waals surface area contributed by atoms with E-state index in [9.17, 15) is 4.79 Å². The van der Waals surface area contributed by atoms with E-state index >= 15 is 0 Å². The lowest BCUT2D eigenvalue weighted by Crippen LogP contribution is -2.27. The minimum absolute atomic E-state index is 0.214. The molecule has 2 aromatic rings. The van der Waals surface area contributed by atoms with Crippen LogP contribution in [-0.4, -0.2) is 16.9 Å². The molecule has 0 fully saturated rings. The second kappa shape index (κ2) is 4.55. The number of carbonyl (C=O) groups is 1. The van der Waals surface area contributed by atoms with Gasteiger partial charge in [-0.3, -0.25) is 10.1 Å². The molecule has 0 bridgehead atoms. The molecule has 0 unspecified atom stereocenters. The van der Waals surface area contributed by atoms with Gasteiger partial charge in [0.1, 0.15) is 0 Å². The molecule has 1 aliphatic rings. The highest BCUT2D eigenvalue weighted by Gasteiger charge is 2.21. The number of fused-ring (bicyclic) bond motifs is 1. The zero-order chi connectivity index (χ0) is 12.5. The number of nitrogens with one attached hydrogen (secondary N) is 1. The predicted octanol–water partition coefficient (Wildman–Crippen LogP) is 1.80. The summed E-state index contributed by atoms with van der Waals surface area (Å²) in [5.74, 6) is 0.0234. The number of thiazole rings is 1. The molecule has 0 spiro atoms. The van der Waals surface area contributed by atoms with E-state index in [4.69, 9.17) is 10.2 Å². The maximum absolute atomic E-state index is 11.8. The summed E-state index contributed by atoms with van der Waals surface area (Å²) in [6.45, 7) is 0. The lowest BCUT2D eigenvalue weighted by molar-refractivity contribution is 0.0996. The first-order chi connectivity index (χ1) is 8.72. The second-order valence-corrected chi connectivity index (χ2v) is 5.41. The van der Waals surface area contributed by atoms with Gasteiger partial charge in [-0.05, 0) is 31.4 Å². The smallest absolute Gasteiger partial charge is 0.293 e. The van der Waals surface area contributed by atoms with Gasteiger partial charge in [0.15, 0.2) is 10.9 Å². The first-order valence-electron chi connectivity index (χ1n) is 5.81. The number of nitrogens with zero attached hydrogens (tertiary/aromatic N) is 1. The molecule has 1 aliphatic carbocycles. The largest absolute Gasteiger partial charge is 0.459 e. The average Bonchev–Trinajstić information content (AvgIpc) is 2.95. The molecular formula is C12H13N3O2S. The number of furan rings is 1. The van der Waals surface area contributed by atoms with Crippen molar-refractivity contribution in [2.24, 2.45) is 5.73 Å². The van der Waals surface area contributed by atoms with Crippen LogP contribution in [-0.2, 0) is 12.8 Å². The van der Waals surface area contributed by atoms with Crippen molar-refractivity contribution in [3.05, 3.63) is 34.7 Å². The fraction of sp³-hybridized carbons (Fsp3) is 0.333. The maximum atomic E-state index is 11.8. The zero-order valence-corrected chi connectivity index (χ0v) is 10.5. The van der Waals surface area contributed by atoms with E-state index in [2.05, 4.69) is 10.3 Å². The molecule has 18 heavy (non-hydrogen) atoms. The SMILES string of the molecule is N[C@H]1CCc2nc(NC(=O)c3ccco3)sc2C1. The van der Waals surface area contributed by atoms with E-state index in [1.807, 2.05) is 0 Å². The second-order valence-electron chi connectivity index (χ2n) is 4.32. The molecule has 3 N–H and O–H groups in total. The van der Waals surface area contributed by atoms with Gasteiger partial charge in [0, 0.05) is 10.9 Å². The van der Waals surface area contributed by atoms with E-state index in [-0.39, 0.29) is 11.9 Å². The first kappa shape index (κ1) is 11.4. The summed E-state index contributed by atoms with van der Waals surface area (Å²) in [5.41, 5.74) is 6.98. The molecule has 5 nitrogen and oxygen atoms in total. The monoisotopic (exact) mass is 263 g/mol. The normalized spacial score (nSPS) is 18.4. The Morgan fingerprint density at radius 3 is 3.28 bits per heavy atom. The Labute approximate surface area is 108 Å². The van der Waals surface area contributed by atoms with E-state index in [1.54, 1.807) is 12.1 Å². The van der Waals surface area contributed by atoms with Gasteiger partial charge in [-0.2, -0.15) is 0 Å². The molecule has 0 saturated heterocycles. The maximum Gasteiger partial charge on any atom is 0.293 e. The van der Waals surface area contributed by atoms with Gasteiger partial charge in [0.2, 0.25) is 0 Å². The molecule has 0 radical (unpaired) electrons. The number of carbonyl (C=O) groups excluding carboxylic acids is 1. The van der Waals surface area contributed by atoms with E-state index < -0.39 is 0 Å². The minimum atomic E-state index is -0.268. The van der Waals surface area contributed by atoms with Crippen LogP contribution in [0.4, 0.5) is 5.13 Å². The molecule has 0 aliphatic heterocycles. The Morgan fingerprint density at radius 1 is 1.61 bits per heavy atom. The number of hydrogen-bond donors (Lipinski definition) is 2. The Bertz CT molecular complexity index is 562. The van der Waals surface area contributed by atoms with Gasteiger partial charge >= 0.3 is 0 Å². The summed E-state index contributed by atoms with van der Waals surface area (Å²) < 4.78 is 5.03. The summed E-state index contributed by atoms with van der Waals surface area (Å²) in [5, 5.41) is 3.37. The summed E-state index contributed by atoms with van der Waals surface area (Å²) >= 11 is 1.50. The van der Waals surface area contributed by atoms with Crippen molar-refractivity contribution in [2.75, 3.05) is 5.32 Å². The zero-order valence-electron chi connectivity index (χ0n) is 9.68. The van der Waals surface area contributed by atoms with Crippen molar-refractivity contribution in [3.63, 3.8) is 0 Å². The van der Waals surface area contributed by atoms with Crippen molar-refractivity contribution < 1.29 is 9.21 Å². The molecule has 2 heterocycles. The van der Waals surface area contributed by atoms with Crippen molar-refractivity contribution in [3.8, 4) is 0 Å². The van der Waals surface area contributed by atoms with Crippen molar-refractivity contribution >= 4 is 22.4 Å². The Morgan fingerprint density at radius 2 is 2.50 bits per heavy atom. The van der Waals surface area contributed by atoms with Crippen LogP contribution in [0.1, 0.15) is 27.5 Å². The third-order valence-corrected chi connectivity index (χ3v) is 3.98. The fourth-order valence-electron chi connectivity index (χ4n) is 2.02. The summed E-state index contributed by atoms with van der Waals surface area (Å²) in [4.78, 5) is 17.4. The molecule has 6 heteroatoms. The number of amides is 1. The highest BCUT2D eigenvalue weighted by molar-refractivity contribution is 7.15. The van der Waals surface area contributed by atoms with Gasteiger partial charge in [-0.25, -0.2) is 4.98 Å². The highest BCUT2D eigenvalue weighted by Crippen LogP contribution is 2.29. The van der Waals surface area contributed by atoms with Crippen LogP contribution in [0.5, 0.6) is 0 Å². The molecule has 1 amide bonds. The Hall–Kier alpha value is -1.66. The quantitative estimate of drug-likeness (QED) is 0.865. The minimum Gasteiger partial charge on any atom is -0.459 e. The van der Waals surface area contributed by atoms with Crippen LogP contribution in [0.2, 0.25) is 0 Å². The number of anilines is 1. The van der Waals surface area contributed by atoms with Crippen molar-refractivity contribution in [1.29, 1.82) is 0 Å². The lowest BCUT2D eigenvalue weighted by atomic mass is 9.99. The van der Waals surface area contributed by atoms with Crippen LogP contribution >= 0.6 is 11.3 Å². The van der Waals surface area contributed by atoms with E-state index in [1.165, 1.54) is 22.5 Å². The number of nitrogens with two attached hydrogens (primary N) is 1. The van der Waals surface area contributed by atoms with Crippen LogP contribution in [0.25, 0.3) is 0 Å². The topological polar surface area (TPSA) is 81.1 Å². The average molecular weight is 263 g/mol. The number of aryl methyl sites for hydroxylation is 1. The Kier molecular flexibility index (Phi) is 2.89. The molecule has 0 aromatic carbocycles. The van der Waals surface area contributed by atoms with Gasteiger partial charge < -0.3 is 10.2 Å². The van der Waals surface area contributed by atoms with Crippen LogP contribution in [0, 0.1) is 0 Å². The van der Waals surface area contributed by atoms with Gasteiger partial charge in [0.25, 0.3) is 5.91 Å². The molecule has 94 valence electrons. The third-order valence-electron chi connectivity index (χ3n) is 2.94. The number of aromatic nitrogens is 1. The summed E-state index contributed by atoms with van der Waals surface area (Å²) in [6, 6.07) is 3.52. The molecular weight excluding hydrogens is 250 g/mol. The summed E-state index contributed by atoms with van der Waals surface area (Å²) in [6.07, 6.45) is 4.18. The fourth-order valence-corrected chi connectivity index (χ4v) is 3.12. The third kappa shape index (κ3) is 2.16. The van der Waals surface area contributed by atoms with E-state index in [0.29, 0.717) is 10.9 Å². The standard InChI is InChI=1S/C12H13N3O2S/c13-7-3-4-8-10(6-7)18-12(14-8)15-11(16)9-2-1-5-17-9/h1-2,5,7H,3-4,6,13H2,(H,14,15,16)/t7-/m0/s1. The molecule has 3 rings (SSSR count). The van der Waals surface area contributed by atoms with Crippen LogP contribution in [0.3, 0.4) is 0 Å². The van der Waals surface area contributed by atoms with E-state index in [0.717, 1.165) is 25.0 Å². The van der Waals surface area contributed by atoms with Crippen LogP contribution < -0.4 is 11.1 Å². The predicted molar refractivity (Wildman–Crippen MR) is 68.8 cm³/mol. The Balaban J connectivity index is 1.76. The summed E-state index contributed by atoms with van der Waals surface area (Å²) in [7, 11) is 0. The van der Waals surface area contributed by atoms with Crippen LogP contribution in [0.15, 0.2) is 22.8 Å². The van der Waals surface area contributed by atoms with Gasteiger partial charge in [-0.1, -0.05) is 0 Å². The number of hydrogen-bond acceptors (Lipinski definition) is 5. The lowest BCUT2D eigenvalue weighted by Gasteiger charge is -2.15. The first-order valence-corrected chi connectivity index (χ1v) is 6.63. The number of rotatable bonds is 2. The molecule has 1 atom stereocenters.